The molecule has 3 N–H and O–H groups in total. The first-order valence-electron chi connectivity index (χ1n) is 3.84. The van der Waals surface area contributed by atoms with Crippen molar-refractivity contribution < 1.29 is 5.11 Å². The van der Waals surface area contributed by atoms with Crippen molar-refractivity contribution in [1.82, 2.24) is 14.7 Å². The summed E-state index contributed by atoms with van der Waals surface area (Å²) in [5.74, 6) is 0.641. The maximum atomic E-state index is 9.13. The van der Waals surface area contributed by atoms with Crippen LogP contribution < -0.4 is 10.6 Å². The molecule has 0 fully saturated rings. The summed E-state index contributed by atoms with van der Waals surface area (Å²) < 4.78 is 3.84. The lowest BCUT2D eigenvalue weighted by molar-refractivity contribution is 0.181. The molecule has 70 valence electrons. The van der Waals surface area contributed by atoms with Crippen molar-refractivity contribution in [2.75, 3.05) is 18.4 Å². The molecule has 2 rings (SSSR count). The molecule has 0 spiro atoms. The predicted octanol–water partition coefficient (Wildman–Crippen LogP) is -0.730. The maximum absolute atomic E-state index is 9.13. The summed E-state index contributed by atoms with van der Waals surface area (Å²) in [6.45, 7) is 0.943. The minimum atomic E-state index is -0.389. The van der Waals surface area contributed by atoms with E-state index < -0.39 is 0 Å². The lowest BCUT2D eigenvalue weighted by Crippen LogP contribution is -2.42. The van der Waals surface area contributed by atoms with Gasteiger partial charge in [-0.2, -0.15) is 4.37 Å². The highest BCUT2D eigenvalue weighted by molar-refractivity contribution is 7.09. The molecule has 6 nitrogen and oxygen atoms in total. The summed E-state index contributed by atoms with van der Waals surface area (Å²) >= 11 is 1.26. The Labute approximate surface area is 78.9 Å². The van der Waals surface area contributed by atoms with Gasteiger partial charge in [0, 0.05) is 18.1 Å². The number of hydrogen-bond acceptors (Lipinski definition) is 7. The standard InChI is InChI=1S/C6H9N5OS/c12-4-1-7-5(8-2-4)11-6-9-3-10-13-6/h3-4,12H,1-2H2,(H2,7,8,9,10,11). The third-order valence-corrected chi connectivity index (χ3v) is 2.13. The largest absolute Gasteiger partial charge is 0.389 e. The molecule has 1 aliphatic rings. The van der Waals surface area contributed by atoms with Gasteiger partial charge in [-0.15, -0.1) is 0 Å². The van der Waals surface area contributed by atoms with Gasteiger partial charge in [0.1, 0.15) is 6.33 Å². The number of aliphatic hydroxyl groups is 1. The molecule has 7 heteroatoms. The number of nitrogens with zero attached hydrogens (tertiary/aromatic N) is 3. The second-order valence-electron chi connectivity index (χ2n) is 2.60. The van der Waals surface area contributed by atoms with Gasteiger partial charge in [-0.3, -0.25) is 4.99 Å². The maximum Gasteiger partial charge on any atom is 0.209 e. The van der Waals surface area contributed by atoms with Crippen LogP contribution in [0.5, 0.6) is 0 Å². The van der Waals surface area contributed by atoms with Crippen molar-refractivity contribution in [2.24, 2.45) is 4.99 Å². The van der Waals surface area contributed by atoms with Crippen molar-refractivity contribution >= 4 is 22.6 Å². The van der Waals surface area contributed by atoms with Gasteiger partial charge >= 0.3 is 0 Å². The molecule has 1 unspecified atom stereocenters. The first-order valence-corrected chi connectivity index (χ1v) is 4.62. The van der Waals surface area contributed by atoms with Crippen molar-refractivity contribution in [1.29, 1.82) is 0 Å². The van der Waals surface area contributed by atoms with E-state index in [-0.39, 0.29) is 6.10 Å². The average Bonchev–Trinajstić information content (AvgIpc) is 2.62. The van der Waals surface area contributed by atoms with Gasteiger partial charge in [-0.25, -0.2) is 4.98 Å². The Kier molecular flexibility index (Phi) is 2.37. The van der Waals surface area contributed by atoms with E-state index in [0.29, 0.717) is 24.2 Å². The second kappa shape index (κ2) is 3.67. The Balaban J connectivity index is 1.96. The summed E-state index contributed by atoms with van der Waals surface area (Å²) in [7, 11) is 0. The highest BCUT2D eigenvalue weighted by Crippen LogP contribution is 2.06. The van der Waals surface area contributed by atoms with E-state index in [0.717, 1.165) is 0 Å². The summed E-state index contributed by atoms with van der Waals surface area (Å²) in [5, 5.41) is 15.7. The van der Waals surface area contributed by atoms with Crippen LogP contribution in [0.1, 0.15) is 0 Å². The molecule has 13 heavy (non-hydrogen) atoms. The number of β-amino-alcohol motifs (C(OH)–C–C–N with tert-alkyl or cyclic N) is 1. The lowest BCUT2D eigenvalue weighted by Gasteiger charge is -2.18. The normalized spacial score (nSPS) is 21.9. The van der Waals surface area contributed by atoms with E-state index in [1.807, 2.05) is 0 Å². The van der Waals surface area contributed by atoms with Gasteiger partial charge in [0.05, 0.1) is 12.6 Å². The van der Waals surface area contributed by atoms with Gasteiger partial charge in [-0.05, 0) is 0 Å². The summed E-state index contributed by atoms with van der Waals surface area (Å²) in [4.78, 5) is 8.01. The first kappa shape index (κ1) is 8.39. The van der Waals surface area contributed by atoms with Crippen LogP contribution in [0, 0.1) is 0 Å². The molecule has 0 saturated heterocycles. The number of rotatable bonds is 1. The van der Waals surface area contributed by atoms with Crippen LogP contribution in [0.15, 0.2) is 11.3 Å². The molecule has 0 aliphatic carbocycles. The fourth-order valence-electron chi connectivity index (χ4n) is 0.945. The molecule has 0 aromatic carbocycles. The smallest absolute Gasteiger partial charge is 0.209 e. The van der Waals surface area contributed by atoms with Crippen LogP contribution >= 0.6 is 11.5 Å². The Bertz CT molecular complexity index is 298. The number of aliphatic hydroxyl groups excluding tert-OH is 1. The minimum Gasteiger partial charge on any atom is -0.389 e. The second-order valence-corrected chi connectivity index (χ2v) is 3.38. The zero-order chi connectivity index (χ0) is 9.10. The van der Waals surface area contributed by atoms with Crippen LogP contribution in [-0.2, 0) is 0 Å². The molecule has 0 radical (unpaired) electrons. The van der Waals surface area contributed by atoms with E-state index in [4.69, 9.17) is 5.11 Å². The topological polar surface area (TPSA) is 82.4 Å². The number of aliphatic imine (C=N–C) groups is 1. The Morgan fingerprint density at radius 1 is 1.69 bits per heavy atom. The monoisotopic (exact) mass is 199 g/mol. The predicted molar refractivity (Wildman–Crippen MR) is 49.8 cm³/mol. The molecule has 1 atom stereocenters. The van der Waals surface area contributed by atoms with Crippen molar-refractivity contribution in [3.8, 4) is 0 Å². The fraction of sp³-hybridized carbons (Fsp3) is 0.500. The van der Waals surface area contributed by atoms with Crippen molar-refractivity contribution in [3.63, 3.8) is 0 Å². The third-order valence-electron chi connectivity index (χ3n) is 1.55. The van der Waals surface area contributed by atoms with Crippen LogP contribution in [-0.4, -0.2) is 39.6 Å². The molecular formula is C6H9N5OS. The summed E-state index contributed by atoms with van der Waals surface area (Å²) in [5.41, 5.74) is 0. The zero-order valence-corrected chi connectivity index (χ0v) is 7.58. The van der Waals surface area contributed by atoms with Gasteiger partial charge in [0.15, 0.2) is 5.96 Å². The number of guanidine groups is 1. The van der Waals surface area contributed by atoms with Crippen LogP contribution in [0.25, 0.3) is 0 Å². The molecule has 0 bridgehead atoms. The summed E-state index contributed by atoms with van der Waals surface area (Å²) in [6, 6.07) is 0. The number of hydrogen-bond donors (Lipinski definition) is 3. The van der Waals surface area contributed by atoms with E-state index in [2.05, 4.69) is 25.0 Å². The number of nitrogens with one attached hydrogen (secondary N) is 2. The molecule has 0 saturated carbocycles. The molecule has 1 aromatic rings. The van der Waals surface area contributed by atoms with Crippen LogP contribution in [0.3, 0.4) is 0 Å². The minimum absolute atomic E-state index is 0.389. The fourth-order valence-corrected chi connectivity index (χ4v) is 1.38. The number of anilines is 1. The molecular weight excluding hydrogens is 190 g/mol. The molecule has 0 amide bonds. The van der Waals surface area contributed by atoms with E-state index in [9.17, 15) is 0 Å². The van der Waals surface area contributed by atoms with Gasteiger partial charge in [-0.1, -0.05) is 0 Å². The average molecular weight is 199 g/mol. The lowest BCUT2D eigenvalue weighted by atomic mass is 10.3. The van der Waals surface area contributed by atoms with Crippen LogP contribution in [0.2, 0.25) is 0 Å². The van der Waals surface area contributed by atoms with Crippen molar-refractivity contribution in [2.45, 2.75) is 6.10 Å². The molecule has 1 aromatic heterocycles. The quantitative estimate of drug-likeness (QED) is 0.555. The summed E-state index contributed by atoms with van der Waals surface area (Å²) in [6.07, 6.45) is 1.09. The van der Waals surface area contributed by atoms with Crippen molar-refractivity contribution in [3.05, 3.63) is 6.33 Å². The SMILES string of the molecule is OC1CN=C(Nc2ncns2)NC1. The number of aromatic nitrogens is 2. The molecule has 2 heterocycles. The Hall–Kier alpha value is -1.21. The highest BCUT2D eigenvalue weighted by atomic mass is 32.1. The van der Waals surface area contributed by atoms with Gasteiger partial charge in [0.2, 0.25) is 5.13 Å². The third kappa shape index (κ3) is 2.13. The van der Waals surface area contributed by atoms with Crippen LogP contribution in [0.4, 0.5) is 5.13 Å². The zero-order valence-electron chi connectivity index (χ0n) is 6.77. The van der Waals surface area contributed by atoms with Gasteiger partial charge in [0.25, 0.3) is 0 Å². The Morgan fingerprint density at radius 3 is 3.23 bits per heavy atom. The van der Waals surface area contributed by atoms with Gasteiger partial charge < -0.3 is 15.7 Å². The first-order chi connectivity index (χ1) is 6.34. The Morgan fingerprint density at radius 2 is 2.62 bits per heavy atom. The molecule has 1 aliphatic heterocycles. The van der Waals surface area contributed by atoms with E-state index in [1.165, 1.54) is 17.9 Å². The van der Waals surface area contributed by atoms with E-state index >= 15 is 0 Å². The van der Waals surface area contributed by atoms with E-state index in [1.54, 1.807) is 0 Å². The highest BCUT2D eigenvalue weighted by Gasteiger charge is 2.11.